The normalized spacial score (nSPS) is 15.9. The zero-order valence-electron chi connectivity index (χ0n) is 15.4. The zero-order chi connectivity index (χ0) is 18.4. The van der Waals surface area contributed by atoms with Crippen molar-refractivity contribution in [3.8, 4) is 5.69 Å². The third-order valence-corrected chi connectivity index (χ3v) is 5.43. The molecule has 1 fully saturated rings. The van der Waals surface area contributed by atoms with E-state index in [2.05, 4.69) is 22.1 Å². The molecule has 0 radical (unpaired) electrons. The van der Waals surface area contributed by atoms with Gasteiger partial charge in [-0.05, 0) is 87.7 Å². The number of carbonyl (C=O) groups is 1. The van der Waals surface area contributed by atoms with Crippen molar-refractivity contribution in [2.75, 3.05) is 26.2 Å². The van der Waals surface area contributed by atoms with Crippen molar-refractivity contribution in [1.82, 2.24) is 19.8 Å². The Hall–Kier alpha value is -1.92. The standard InChI is InChI=1S/C20H28N4OS/c1-16-8-13-23(14-9-16)12-3-2-10-21-19(25)17-4-6-18(7-5-17)24-15-11-22-20(24)26/h4-7,11,15-16H,2-3,8-10,12-14H2,1H3,(H,21,25)(H,22,26). The van der Waals surface area contributed by atoms with Gasteiger partial charge >= 0.3 is 0 Å². The van der Waals surface area contributed by atoms with E-state index in [1.807, 2.05) is 35.0 Å². The van der Waals surface area contributed by atoms with E-state index in [-0.39, 0.29) is 5.91 Å². The number of likely N-dealkylation sites (tertiary alicyclic amines) is 1. The third kappa shape index (κ3) is 5.05. The first-order valence-corrected chi connectivity index (χ1v) is 9.91. The average molecular weight is 373 g/mol. The first kappa shape index (κ1) is 18.9. The lowest BCUT2D eigenvalue weighted by Gasteiger charge is -2.30. The summed E-state index contributed by atoms with van der Waals surface area (Å²) in [5.74, 6) is 0.867. The highest BCUT2D eigenvalue weighted by atomic mass is 32.1. The highest BCUT2D eigenvalue weighted by Gasteiger charge is 2.14. The van der Waals surface area contributed by atoms with Crippen molar-refractivity contribution in [1.29, 1.82) is 0 Å². The molecule has 2 aromatic rings. The monoisotopic (exact) mass is 372 g/mol. The van der Waals surface area contributed by atoms with Crippen molar-refractivity contribution in [2.45, 2.75) is 32.6 Å². The summed E-state index contributed by atoms with van der Waals surface area (Å²) in [6, 6.07) is 7.51. The van der Waals surface area contributed by atoms with Gasteiger partial charge in [-0.2, -0.15) is 0 Å². The Morgan fingerprint density at radius 3 is 2.62 bits per heavy atom. The van der Waals surface area contributed by atoms with Crippen LogP contribution >= 0.6 is 12.2 Å². The molecule has 26 heavy (non-hydrogen) atoms. The van der Waals surface area contributed by atoms with E-state index in [1.165, 1.54) is 25.9 Å². The van der Waals surface area contributed by atoms with Crippen LogP contribution in [0.5, 0.6) is 0 Å². The number of aromatic nitrogens is 2. The number of hydrogen-bond donors (Lipinski definition) is 2. The van der Waals surface area contributed by atoms with Gasteiger partial charge in [0.1, 0.15) is 0 Å². The Bertz CT molecular complexity index is 757. The smallest absolute Gasteiger partial charge is 0.251 e. The summed E-state index contributed by atoms with van der Waals surface area (Å²) < 4.78 is 2.52. The molecule has 1 aromatic heterocycles. The maximum atomic E-state index is 12.3. The summed E-state index contributed by atoms with van der Waals surface area (Å²) in [4.78, 5) is 17.8. The number of piperidine rings is 1. The number of unbranched alkanes of at least 4 members (excludes halogenated alkanes) is 1. The number of aromatic amines is 1. The van der Waals surface area contributed by atoms with Crippen molar-refractivity contribution in [3.63, 3.8) is 0 Å². The van der Waals surface area contributed by atoms with Crippen LogP contribution in [-0.2, 0) is 0 Å². The fraction of sp³-hybridized carbons (Fsp3) is 0.500. The molecule has 1 saturated heterocycles. The van der Waals surface area contributed by atoms with Gasteiger partial charge in [-0.3, -0.25) is 9.36 Å². The molecule has 5 nitrogen and oxygen atoms in total. The number of nitrogens with zero attached hydrogens (tertiary/aromatic N) is 2. The number of H-pyrrole nitrogens is 1. The topological polar surface area (TPSA) is 53.1 Å². The van der Waals surface area contributed by atoms with Gasteiger partial charge in [0.05, 0.1) is 0 Å². The van der Waals surface area contributed by atoms with Crippen LogP contribution in [-0.4, -0.2) is 46.5 Å². The van der Waals surface area contributed by atoms with Gasteiger partial charge in [0.2, 0.25) is 0 Å². The number of hydrogen-bond acceptors (Lipinski definition) is 3. The Morgan fingerprint density at radius 1 is 1.23 bits per heavy atom. The molecule has 3 rings (SSSR count). The zero-order valence-corrected chi connectivity index (χ0v) is 16.2. The lowest BCUT2D eigenvalue weighted by molar-refractivity contribution is 0.0952. The van der Waals surface area contributed by atoms with E-state index < -0.39 is 0 Å². The molecule has 0 unspecified atom stereocenters. The van der Waals surface area contributed by atoms with Crippen LogP contribution in [0, 0.1) is 10.7 Å². The van der Waals surface area contributed by atoms with Gasteiger partial charge in [0.25, 0.3) is 5.91 Å². The van der Waals surface area contributed by atoms with E-state index in [0.29, 0.717) is 10.3 Å². The molecule has 6 heteroatoms. The summed E-state index contributed by atoms with van der Waals surface area (Å²) in [6.45, 7) is 6.67. The quantitative estimate of drug-likeness (QED) is 0.574. The van der Waals surface area contributed by atoms with Crippen molar-refractivity contribution >= 4 is 18.1 Å². The van der Waals surface area contributed by atoms with E-state index in [0.717, 1.165) is 37.5 Å². The molecule has 1 aromatic carbocycles. The largest absolute Gasteiger partial charge is 0.352 e. The molecule has 2 heterocycles. The molecule has 0 saturated carbocycles. The lowest BCUT2D eigenvalue weighted by Crippen LogP contribution is -2.34. The fourth-order valence-electron chi connectivity index (χ4n) is 3.35. The number of rotatable bonds is 7. The number of carbonyl (C=O) groups excluding carboxylic acids is 1. The van der Waals surface area contributed by atoms with Crippen LogP contribution in [0.3, 0.4) is 0 Å². The summed E-state index contributed by atoms with van der Waals surface area (Å²) in [6.07, 6.45) is 8.48. The Balaban J connectivity index is 1.38. The predicted octanol–water partition coefficient (Wildman–Crippen LogP) is 3.78. The summed E-state index contributed by atoms with van der Waals surface area (Å²) in [7, 11) is 0. The lowest BCUT2D eigenvalue weighted by atomic mass is 9.99. The van der Waals surface area contributed by atoms with E-state index in [1.54, 1.807) is 6.20 Å². The van der Waals surface area contributed by atoms with Crippen molar-refractivity contribution in [3.05, 3.63) is 47.0 Å². The van der Waals surface area contributed by atoms with Gasteiger partial charge < -0.3 is 15.2 Å². The SMILES string of the molecule is CC1CCN(CCCCNC(=O)c2ccc(-n3cc[nH]c3=S)cc2)CC1. The minimum atomic E-state index is -0.0130. The van der Waals surface area contributed by atoms with Crippen LogP contribution in [0.1, 0.15) is 43.0 Å². The van der Waals surface area contributed by atoms with Crippen LogP contribution < -0.4 is 5.32 Å². The van der Waals surface area contributed by atoms with Crippen LogP contribution in [0.15, 0.2) is 36.7 Å². The van der Waals surface area contributed by atoms with Crippen LogP contribution in [0.25, 0.3) is 5.69 Å². The highest BCUT2D eigenvalue weighted by molar-refractivity contribution is 7.71. The molecule has 1 aliphatic rings. The maximum absolute atomic E-state index is 12.3. The Kier molecular flexibility index (Phi) is 6.63. The number of imidazole rings is 1. The molecule has 1 aliphatic heterocycles. The first-order valence-electron chi connectivity index (χ1n) is 9.50. The van der Waals surface area contributed by atoms with Gasteiger partial charge in [-0.15, -0.1) is 0 Å². The van der Waals surface area contributed by atoms with Gasteiger partial charge in [0, 0.05) is 30.2 Å². The summed E-state index contributed by atoms with van der Waals surface area (Å²) in [5.41, 5.74) is 1.63. The fourth-order valence-corrected chi connectivity index (χ4v) is 3.58. The van der Waals surface area contributed by atoms with Crippen molar-refractivity contribution < 1.29 is 4.79 Å². The average Bonchev–Trinajstić information content (AvgIpc) is 3.09. The van der Waals surface area contributed by atoms with Crippen LogP contribution in [0.4, 0.5) is 0 Å². The summed E-state index contributed by atoms with van der Waals surface area (Å²) in [5, 5.41) is 3.02. The van der Waals surface area contributed by atoms with E-state index in [4.69, 9.17) is 12.2 Å². The molecule has 0 atom stereocenters. The van der Waals surface area contributed by atoms with E-state index in [9.17, 15) is 4.79 Å². The van der Waals surface area contributed by atoms with Crippen LogP contribution in [0.2, 0.25) is 0 Å². The molecule has 0 aliphatic carbocycles. The highest BCUT2D eigenvalue weighted by Crippen LogP contribution is 2.16. The molecule has 0 spiro atoms. The Labute approximate surface area is 160 Å². The summed E-state index contributed by atoms with van der Waals surface area (Å²) >= 11 is 5.21. The molecular formula is C20H28N4OS. The number of benzene rings is 1. The van der Waals surface area contributed by atoms with Gasteiger partial charge in [0.15, 0.2) is 4.77 Å². The second-order valence-electron chi connectivity index (χ2n) is 7.17. The van der Waals surface area contributed by atoms with Gasteiger partial charge in [-0.1, -0.05) is 6.92 Å². The minimum Gasteiger partial charge on any atom is -0.352 e. The Morgan fingerprint density at radius 2 is 1.96 bits per heavy atom. The molecule has 1 amide bonds. The first-order chi connectivity index (χ1) is 12.6. The van der Waals surface area contributed by atoms with Crippen molar-refractivity contribution in [2.24, 2.45) is 5.92 Å². The second kappa shape index (κ2) is 9.14. The molecule has 0 bridgehead atoms. The number of amides is 1. The third-order valence-electron chi connectivity index (χ3n) is 5.12. The molecule has 2 N–H and O–H groups in total. The number of nitrogens with one attached hydrogen (secondary N) is 2. The van der Waals surface area contributed by atoms with E-state index >= 15 is 0 Å². The maximum Gasteiger partial charge on any atom is 0.251 e. The molecular weight excluding hydrogens is 344 g/mol. The second-order valence-corrected chi connectivity index (χ2v) is 7.56. The predicted molar refractivity (Wildman–Crippen MR) is 107 cm³/mol. The van der Waals surface area contributed by atoms with Gasteiger partial charge in [-0.25, -0.2) is 0 Å². The minimum absolute atomic E-state index is 0.0130. The molecule has 140 valence electrons.